The number of hydrogen-bond acceptors (Lipinski definition) is 4. The Hall–Kier alpha value is -2.31. The van der Waals surface area contributed by atoms with Crippen molar-refractivity contribution in [2.75, 3.05) is 13.1 Å². The molecule has 1 aliphatic carbocycles. The highest BCUT2D eigenvalue weighted by Gasteiger charge is 2.50. The van der Waals surface area contributed by atoms with Crippen molar-refractivity contribution in [2.45, 2.75) is 71.0 Å². The second kappa shape index (κ2) is 7.84. The zero-order chi connectivity index (χ0) is 20.7. The average Bonchev–Trinajstić information content (AvgIpc) is 3.21. The summed E-state index contributed by atoms with van der Waals surface area (Å²) in [5, 5.41) is 3.18. The van der Waals surface area contributed by atoms with E-state index in [1.54, 1.807) is 11.0 Å². The Labute approximate surface area is 171 Å². The van der Waals surface area contributed by atoms with Gasteiger partial charge in [0.2, 0.25) is 11.8 Å². The highest BCUT2D eigenvalue weighted by atomic mass is 16.3. The number of carbonyl (C=O) groups is 3. The Morgan fingerprint density at radius 3 is 2.66 bits per heavy atom. The predicted octanol–water partition coefficient (Wildman–Crippen LogP) is 2.34. The van der Waals surface area contributed by atoms with E-state index in [2.05, 4.69) is 19.2 Å². The summed E-state index contributed by atoms with van der Waals surface area (Å²) >= 11 is 0. The molecule has 158 valence electrons. The van der Waals surface area contributed by atoms with Crippen LogP contribution in [0.1, 0.15) is 62.1 Å². The molecule has 1 saturated carbocycles. The monoisotopic (exact) mass is 401 g/mol. The summed E-state index contributed by atoms with van der Waals surface area (Å²) in [6.45, 7) is 6.56. The third-order valence-electron chi connectivity index (χ3n) is 6.63. The van der Waals surface area contributed by atoms with Crippen LogP contribution in [0.3, 0.4) is 0 Å². The molecule has 3 amide bonds. The van der Waals surface area contributed by atoms with Crippen LogP contribution in [0.25, 0.3) is 0 Å². The third-order valence-corrected chi connectivity index (χ3v) is 6.63. The lowest BCUT2D eigenvalue weighted by atomic mass is 9.89. The standard InChI is InChI=1S/C22H31N3O4/c1-13(2)9-18-17(21(27)23-15-5-4-6-15)10-16-11-24(12-19(26)25(16)18)22(28)20-14(3)7-8-29-20/h7-8,13,15-18H,4-6,9-12H2,1-3H3,(H,23,27)/t16-,17-,18-/m1/s1. The van der Waals surface area contributed by atoms with Crippen molar-refractivity contribution in [3.8, 4) is 0 Å². The van der Waals surface area contributed by atoms with E-state index >= 15 is 0 Å². The van der Waals surface area contributed by atoms with Crippen molar-refractivity contribution < 1.29 is 18.8 Å². The third kappa shape index (κ3) is 3.79. The quantitative estimate of drug-likeness (QED) is 0.821. The van der Waals surface area contributed by atoms with Crippen LogP contribution in [0, 0.1) is 18.8 Å². The zero-order valence-corrected chi connectivity index (χ0v) is 17.5. The first-order valence-electron chi connectivity index (χ1n) is 10.8. The number of furan rings is 1. The first-order chi connectivity index (χ1) is 13.8. The van der Waals surface area contributed by atoms with E-state index in [-0.39, 0.29) is 48.3 Å². The van der Waals surface area contributed by atoms with Crippen LogP contribution < -0.4 is 5.32 Å². The Kier molecular flexibility index (Phi) is 5.40. The van der Waals surface area contributed by atoms with Crippen molar-refractivity contribution in [1.82, 2.24) is 15.1 Å². The highest BCUT2D eigenvalue weighted by molar-refractivity contribution is 5.96. The second-order valence-corrected chi connectivity index (χ2v) is 9.25. The number of aryl methyl sites for hydroxylation is 1. The summed E-state index contributed by atoms with van der Waals surface area (Å²) in [5.74, 6) is 0.236. The van der Waals surface area contributed by atoms with Gasteiger partial charge in [0.05, 0.1) is 18.2 Å². The fourth-order valence-corrected chi connectivity index (χ4v) is 4.94. The smallest absolute Gasteiger partial charge is 0.290 e. The van der Waals surface area contributed by atoms with Gasteiger partial charge in [-0.3, -0.25) is 14.4 Å². The molecule has 0 radical (unpaired) electrons. The molecule has 0 unspecified atom stereocenters. The maximum Gasteiger partial charge on any atom is 0.290 e. The molecule has 3 atom stereocenters. The molecular weight excluding hydrogens is 370 g/mol. The summed E-state index contributed by atoms with van der Waals surface area (Å²) in [6.07, 6.45) is 6.17. The van der Waals surface area contributed by atoms with Gasteiger partial charge in [-0.05, 0) is 51.0 Å². The van der Waals surface area contributed by atoms with Gasteiger partial charge in [0.25, 0.3) is 5.91 Å². The topological polar surface area (TPSA) is 82.9 Å². The van der Waals surface area contributed by atoms with Crippen LogP contribution >= 0.6 is 0 Å². The lowest BCUT2D eigenvalue weighted by molar-refractivity contribution is -0.140. The molecule has 1 aromatic heterocycles. The summed E-state index contributed by atoms with van der Waals surface area (Å²) in [6, 6.07) is 1.84. The summed E-state index contributed by atoms with van der Waals surface area (Å²) in [5.41, 5.74) is 0.770. The number of nitrogens with one attached hydrogen (secondary N) is 1. The van der Waals surface area contributed by atoms with E-state index in [4.69, 9.17) is 4.42 Å². The number of fused-ring (bicyclic) bond motifs is 1. The molecule has 7 heteroatoms. The van der Waals surface area contributed by atoms with Gasteiger partial charge in [-0.1, -0.05) is 13.8 Å². The first kappa shape index (κ1) is 20.0. The van der Waals surface area contributed by atoms with Crippen molar-refractivity contribution in [1.29, 1.82) is 0 Å². The Morgan fingerprint density at radius 1 is 1.31 bits per heavy atom. The Balaban J connectivity index is 1.52. The molecule has 1 aromatic rings. The molecule has 2 saturated heterocycles. The molecule has 7 nitrogen and oxygen atoms in total. The number of nitrogens with zero attached hydrogens (tertiary/aromatic N) is 2. The largest absolute Gasteiger partial charge is 0.459 e. The van der Waals surface area contributed by atoms with Crippen LogP contribution in [0.5, 0.6) is 0 Å². The Bertz CT molecular complexity index is 798. The molecular formula is C22H31N3O4. The number of amides is 3. The van der Waals surface area contributed by atoms with Crippen molar-refractivity contribution >= 4 is 17.7 Å². The number of rotatable bonds is 5. The van der Waals surface area contributed by atoms with Crippen LogP contribution in [-0.2, 0) is 9.59 Å². The maximum absolute atomic E-state index is 13.1. The lowest BCUT2D eigenvalue weighted by Crippen LogP contribution is -2.58. The second-order valence-electron chi connectivity index (χ2n) is 9.25. The molecule has 3 aliphatic rings. The minimum absolute atomic E-state index is 0.0427. The molecule has 0 spiro atoms. The van der Waals surface area contributed by atoms with E-state index in [1.165, 1.54) is 12.7 Å². The summed E-state index contributed by atoms with van der Waals surface area (Å²) < 4.78 is 5.34. The van der Waals surface area contributed by atoms with E-state index in [0.29, 0.717) is 24.6 Å². The van der Waals surface area contributed by atoms with Gasteiger partial charge in [0.1, 0.15) is 6.54 Å². The first-order valence-corrected chi connectivity index (χ1v) is 10.8. The van der Waals surface area contributed by atoms with E-state index < -0.39 is 0 Å². The van der Waals surface area contributed by atoms with Gasteiger partial charge >= 0.3 is 0 Å². The molecule has 3 heterocycles. The van der Waals surface area contributed by atoms with Crippen molar-refractivity contribution in [3.05, 3.63) is 23.7 Å². The van der Waals surface area contributed by atoms with Crippen LogP contribution in [0.15, 0.2) is 16.7 Å². The fourth-order valence-electron chi connectivity index (χ4n) is 4.94. The zero-order valence-electron chi connectivity index (χ0n) is 17.5. The Morgan fingerprint density at radius 2 is 2.07 bits per heavy atom. The number of piperazine rings is 1. The number of hydrogen-bond donors (Lipinski definition) is 1. The molecule has 4 rings (SSSR count). The minimum Gasteiger partial charge on any atom is -0.459 e. The highest BCUT2D eigenvalue weighted by Crippen LogP contribution is 2.37. The van der Waals surface area contributed by atoms with E-state index in [0.717, 1.165) is 24.8 Å². The van der Waals surface area contributed by atoms with Gasteiger partial charge in [0, 0.05) is 24.2 Å². The normalized spacial score (nSPS) is 27.2. The van der Waals surface area contributed by atoms with Gasteiger partial charge in [-0.15, -0.1) is 0 Å². The molecule has 2 aliphatic heterocycles. The number of carbonyl (C=O) groups excluding carboxylic acids is 3. The molecule has 1 N–H and O–H groups in total. The van der Waals surface area contributed by atoms with Gasteiger partial charge in [0.15, 0.2) is 5.76 Å². The summed E-state index contributed by atoms with van der Waals surface area (Å²) in [7, 11) is 0. The van der Waals surface area contributed by atoms with Crippen LogP contribution in [0.4, 0.5) is 0 Å². The van der Waals surface area contributed by atoms with E-state index in [9.17, 15) is 14.4 Å². The minimum atomic E-state index is -0.247. The van der Waals surface area contributed by atoms with Crippen LogP contribution in [-0.4, -0.2) is 58.7 Å². The van der Waals surface area contributed by atoms with Crippen molar-refractivity contribution in [2.24, 2.45) is 11.8 Å². The van der Waals surface area contributed by atoms with Gasteiger partial charge < -0.3 is 19.5 Å². The molecule has 0 aromatic carbocycles. The van der Waals surface area contributed by atoms with Crippen molar-refractivity contribution in [3.63, 3.8) is 0 Å². The predicted molar refractivity (Wildman–Crippen MR) is 107 cm³/mol. The van der Waals surface area contributed by atoms with Gasteiger partial charge in [-0.25, -0.2) is 0 Å². The SMILES string of the molecule is Cc1ccoc1C(=O)N1CC(=O)N2[C@H](C[C@@H](C(=O)NC3CCC3)[C@H]2CC(C)C)C1. The van der Waals surface area contributed by atoms with E-state index in [1.807, 2.05) is 11.8 Å². The molecule has 0 bridgehead atoms. The summed E-state index contributed by atoms with van der Waals surface area (Å²) in [4.78, 5) is 42.4. The van der Waals surface area contributed by atoms with Gasteiger partial charge in [-0.2, -0.15) is 0 Å². The fraction of sp³-hybridized carbons (Fsp3) is 0.682. The molecule has 3 fully saturated rings. The molecule has 29 heavy (non-hydrogen) atoms. The van der Waals surface area contributed by atoms with Crippen LogP contribution in [0.2, 0.25) is 0 Å². The maximum atomic E-state index is 13.1. The average molecular weight is 402 g/mol. The lowest BCUT2D eigenvalue weighted by Gasteiger charge is -2.40.